The fraction of sp³-hybridized carbons (Fsp3) is 0.300. The Morgan fingerprint density at radius 3 is 2.41 bits per heavy atom. The predicted molar refractivity (Wildman–Crippen MR) is 109 cm³/mol. The third kappa shape index (κ3) is 3.77. The van der Waals surface area contributed by atoms with Crippen molar-refractivity contribution in [1.29, 1.82) is 0 Å². The Balaban J connectivity index is 0.00000210. The Hall–Kier alpha value is -2.57. The number of nitrogens with zero attached hydrogens (tertiary/aromatic N) is 2. The van der Waals surface area contributed by atoms with Crippen LogP contribution in [0.3, 0.4) is 0 Å². The number of fused-ring (bicyclic) bond motifs is 2. The van der Waals surface area contributed by atoms with Gasteiger partial charge in [-0.15, -0.1) is 12.4 Å². The van der Waals surface area contributed by atoms with Crippen LogP contribution in [0, 0.1) is 0 Å². The molecule has 7 heteroatoms. The molecule has 0 saturated carbocycles. The Morgan fingerprint density at radius 1 is 1.04 bits per heavy atom. The van der Waals surface area contributed by atoms with Gasteiger partial charge in [0.1, 0.15) is 0 Å². The van der Waals surface area contributed by atoms with Gasteiger partial charge in [-0.2, -0.15) is 0 Å². The van der Waals surface area contributed by atoms with Crippen LogP contribution >= 0.6 is 12.4 Å². The topological polar surface area (TPSA) is 64.7 Å². The number of para-hydroxylation sites is 3. The first-order valence-electron chi connectivity index (χ1n) is 8.92. The number of benzene rings is 2. The van der Waals surface area contributed by atoms with Crippen molar-refractivity contribution in [1.82, 2.24) is 10.2 Å². The number of urea groups is 1. The molecule has 2 aliphatic heterocycles. The molecule has 1 fully saturated rings. The van der Waals surface area contributed by atoms with Gasteiger partial charge >= 0.3 is 6.03 Å². The quantitative estimate of drug-likeness (QED) is 0.786. The van der Waals surface area contributed by atoms with E-state index in [0.29, 0.717) is 22.6 Å². The van der Waals surface area contributed by atoms with Gasteiger partial charge in [-0.05, 0) is 57.2 Å². The number of hydrogen-bond donors (Lipinski definition) is 2. The van der Waals surface area contributed by atoms with E-state index >= 15 is 0 Å². The van der Waals surface area contributed by atoms with Crippen molar-refractivity contribution in [2.24, 2.45) is 0 Å². The number of nitrogens with one attached hydrogen (secondary N) is 2. The number of halogens is 1. The highest BCUT2D eigenvalue weighted by Crippen LogP contribution is 2.37. The van der Waals surface area contributed by atoms with E-state index < -0.39 is 0 Å². The number of piperidine rings is 1. The molecule has 2 aromatic carbocycles. The summed E-state index contributed by atoms with van der Waals surface area (Å²) in [5.41, 5.74) is 2.39. The SMILES string of the molecule is CN1CCC(NC(=O)N2c3ccccc3NC(=O)c3ccccc32)CC1.Cl. The molecule has 1 saturated heterocycles. The Kier molecular flexibility index (Phi) is 5.68. The number of hydrogen-bond acceptors (Lipinski definition) is 3. The second-order valence-electron chi connectivity index (χ2n) is 6.85. The lowest BCUT2D eigenvalue weighted by Crippen LogP contribution is -2.47. The molecule has 2 aliphatic rings. The molecular formula is C20H23ClN4O2. The van der Waals surface area contributed by atoms with Crippen molar-refractivity contribution >= 4 is 41.4 Å². The van der Waals surface area contributed by atoms with Crippen LogP contribution in [-0.2, 0) is 0 Å². The molecule has 27 heavy (non-hydrogen) atoms. The Labute approximate surface area is 164 Å². The molecule has 0 aromatic heterocycles. The predicted octanol–water partition coefficient (Wildman–Crippen LogP) is 3.62. The van der Waals surface area contributed by atoms with Gasteiger partial charge < -0.3 is 15.5 Å². The smallest absolute Gasteiger partial charge is 0.326 e. The summed E-state index contributed by atoms with van der Waals surface area (Å²) in [5.74, 6) is -0.206. The molecule has 142 valence electrons. The second kappa shape index (κ2) is 7.98. The first kappa shape index (κ1) is 19.2. The molecular weight excluding hydrogens is 364 g/mol. The highest BCUT2D eigenvalue weighted by Gasteiger charge is 2.30. The number of amides is 3. The van der Waals surface area contributed by atoms with E-state index in [2.05, 4.69) is 22.6 Å². The van der Waals surface area contributed by atoms with Crippen LogP contribution in [0.2, 0.25) is 0 Å². The average molecular weight is 387 g/mol. The van der Waals surface area contributed by atoms with Crippen molar-refractivity contribution in [3.05, 3.63) is 54.1 Å². The van der Waals surface area contributed by atoms with Gasteiger partial charge in [-0.1, -0.05) is 24.3 Å². The van der Waals surface area contributed by atoms with Gasteiger partial charge in [0.25, 0.3) is 5.91 Å². The molecule has 4 rings (SSSR count). The van der Waals surface area contributed by atoms with Crippen molar-refractivity contribution < 1.29 is 9.59 Å². The summed E-state index contributed by atoms with van der Waals surface area (Å²) in [4.78, 5) is 29.7. The van der Waals surface area contributed by atoms with E-state index in [1.165, 1.54) is 0 Å². The molecule has 3 amide bonds. The molecule has 0 aliphatic carbocycles. The maximum Gasteiger partial charge on any atom is 0.326 e. The summed E-state index contributed by atoms with van der Waals surface area (Å²) in [6.07, 6.45) is 1.85. The fourth-order valence-corrected chi connectivity index (χ4v) is 3.57. The maximum absolute atomic E-state index is 13.2. The van der Waals surface area contributed by atoms with E-state index in [-0.39, 0.29) is 30.4 Å². The number of rotatable bonds is 1. The lowest BCUT2D eigenvalue weighted by atomic mass is 10.1. The first-order chi connectivity index (χ1) is 12.6. The van der Waals surface area contributed by atoms with Gasteiger partial charge in [0, 0.05) is 6.04 Å². The maximum atomic E-state index is 13.2. The Bertz CT molecular complexity index is 849. The molecule has 0 atom stereocenters. The minimum Gasteiger partial charge on any atom is -0.335 e. The Morgan fingerprint density at radius 2 is 1.67 bits per heavy atom. The summed E-state index contributed by atoms with van der Waals surface area (Å²) < 4.78 is 0. The number of carbonyl (C=O) groups excluding carboxylic acids is 2. The molecule has 2 heterocycles. The van der Waals surface area contributed by atoms with E-state index in [1.54, 1.807) is 17.0 Å². The van der Waals surface area contributed by atoms with Crippen molar-refractivity contribution in [3.8, 4) is 0 Å². The third-order valence-corrected chi connectivity index (χ3v) is 5.03. The summed E-state index contributed by atoms with van der Waals surface area (Å²) in [6, 6.07) is 14.5. The van der Waals surface area contributed by atoms with E-state index in [9.17, 15) is 9.59 Å². The van der Waals surface area contributed by atoms with E-state index in [4.69, 9.17) is 0 Å². The lowest BCUT2D eigenvalue weighted by molar-refractivity contribution is 0.102. The van der Waals surface area contributed by atoms with Crippen LogP contribution in [0.1, 0.15) is 23.2 Å². The molecule has 0 radical (unpaired) electrons. The molecule has 0 unspecified atom stereocenters. The summed E-state index contributed by atoms with van der Waals surface area (Å²) >= 11 is 0. The largest absolute Gasteiger partial charge is 0.335 e. The zero-order chi connectivity index (χ0) is 18.1. The van der Waals surface area contributed by atoms with Crippen LogP contribution in [0.25, 0.3) is 0 Å². The number of carbonyl (C=O) groups is 2. The van der Waals surface area contributed by atoms with Gasteiger partial charge in [-0.3, -0.25) is 9.69 Å². The molecule has 0 spiro atoms. The molecule has 2 N–H and O–H groups in total. The van der Waals surface area contributed by atoms with E-state index in [0.717, 1.165) is 25.9 Å². The first-order valence-corrected chi connectivity index (χ1v) is 8.92. The number of likely N-dealkylation sites (tertiary alicyclic amines) is 1. The third-order valence-electron chi connectivity index (χ3n) is 5.03. The zero-order valence-corrected chi connectivity index (χ0v) is 16.0. The highest BCUT2D eigenvalue weighted by molar-refractivity contribution is 6.17. The van der Waals surface area contributed by atoms with Gasteiger partial charge in [0.05, 0.1) is 22.6 Å². The number of anilines is 3. The minimum atomic E-state index is -0.206. The highest BCUT2D eigenvalue weighted by atomic mass is 35.5. The zero-order valence-electron chi connectivity index (χ0n) is 15.1. The fourth-order valence-electron chi connectivity index (χ4n) is 3.57. The van der Waals surface area contributed by atoms with Crippen LogP contribution in [0.5, 0.6) is 0 Å². The lowest BCUT2D eigenvalue weighted by Gasteiger charge is -2.32. The molecule has 0 bridgehead atoms. The van der Waals surface area contributed by atoms with Gasteiger partial charge in [0.15, 0.2) is 0 Å². The second-order valence-corrected chi connectivity index (χ2v) is 6.85. The summed E-state index contributed by atoms with van der Waals surface area (Å²) in [6.45, 7) is 1.94. The van der Waals surface area contributed by atoms with Crippen molar-refractivity contribution in [2.75, 3.05) is 30.4 Å². The average Bonchev–Trinajstić information content (AvgIpc) is 2.77. The van der Waals surface area contributed by atoms with Crippen LogP contribution in [0.15, 0.2) is 48.5 Å². The minimum absolute atomic E-state index is 0. The van der Waals surface area contributed by atoms with Crippen LogP contribution in [-0.4, -0.2) is 43.0 Å². The summed E-state index contributed by atoms with van der Waals surface area (Å²) in [5, 5.41) is 6.06. The summed E-state index contributed by atoms with van der Waals surface area (Å²) in [7, 11) is 2.09. The standard InChI is InChI=1S/C20H22N4O2.ClH/c1-23-12-10-14(11-13-23)21-20(26)24-17-8-4-2-6-15(17)19(25)22-16-7-3-5-9-18(16)24;/h2-9,14H,10-13H2,1H3,(H,21,26)(H,22,25);1H. The molecule has 2 aromatic rings. The normalized spacial score (nSPS) is 17.1. The monoisotopic (exact) mass is 386 g/mol. The van der Waals surface area contributed by atoms with Crippen molar-refractivity contribution in [3.63, 3.8) is 0 Å². The van der Waals surface area contributed by atoms with Crippen LogP contribution < -0.4 is 15.5 Å². The van der Waals surface area contributed by atoms with Gasteiger partial charge in [0.2, 0.25) is 0 Å². The van der Waals surface area contributed by atoms with E-state index in [1.807, 2.05) is 36.4 Å². The van der Waals surface area contributed by atoms with Crippen molar-refractivity contribution in [2.45, 2.75) is 18.9 Å². The molecule has 6 nitrogen and oxygen atoms in total. The van der Waals surface area contributed by atoms with Crippen LogP contribution in [0.4, 0.5) is 21.9 Å². The van der Waals surface area contributed by atoms with Gasteiger partial charge in [-0.25, -0.2) is 4.79 Å².